The number of benzene rings is 2. The average molecular weight is 408 g/mol. The Morgan fingerprint density at radius 3 is 2.62 bits per heavy atom. The first-order valence-electron chi connectivity index (χ1n) is 7.76. The van der Waals surface area contributed by atoms with E-state index >= 15 is 0 Å². The van der Waals surface area contributed by atoms with Crippen LogP contribution in [0.25, 0.3) is 0 Å². The van der Waals surface area contributed by atoms with Gasteiger partial charge in [-0.2, -0.15) is 0 Å². The molecular formula is C18H15Cl2N3O2S. The number of aliphatic imine (C=N–C) groups is 1. The fourth-order valence-electron chi connectivity index (χ4n) is 2.31. The summed E-state index contributed by atoms with van der Waals surface area (Å²) in [6.45, 7) is 0. The number of carbonyl (C=O) groups excluding carboxylic acids is 2. The Labute approximate surface area is 165 Å². The van der Waals surface area contributed by atoms with Crippen molar-refractivity contribution in [1.29, 1.82) is 0 Å². The van der Waals surface area contributed by atoms with Gasteiger partial charge in [-0.05, 0) is 42.5 Å². The number of nitrogens with zero attached hydrogens (tertiary/aromatic N) is 2. The molecule has 1 unspecified atom stereocenters. The summed E-state index contributed by atoms with van der Waals surface area (Å²) in [5.41, 5.74) is 1.25. The van der Waals surface area contributed by atoms with Gasteiger partial charge < -0.3 is 5.32 Å². The smallest absolute Gasteiger partial charge is 0.238 e. The van der Waals surface area contributed by atoms with Crippen molar-refractivity contribution in [2.45, 2.75) is 11.7 Å². The minimum Gasteiger partial charge on any atom is -0.325 e. The Morgan fingerprint density at radius 2 is 1.92 bits per heavy atom. The first-order chi connectivity index (χ1) is 12.4. The zero-order valence-corrected chi connectivity index (χ0v) is 16.1. The van der Waals surface area contributed by atoms with Crippen LogP contribution in [-0.2, 0) is 9.59 Å². The molecule has 0 aromatic heterocycles. The second-order valence-electron chi connectivity index (χ2n) is 5.63. The maximum Gasteiger partial charge on any atom is 0.238 e. The van der Waals surface area contributed by atoms with Crippen LogP contribution < -0.4 is 5.32 Å². The molecule has 0 saturated carbocycles. The lowest BCUT2D eigenvalue weighted by atomic mass is 10.2. The van der Waals surface area contributed by atoms with E-state index in [0.717, 1.165) is 0 Å². The largest absolute Gasteiger partial charge is 0.325 e. The second-order valence-corrected chi connectivity index (χ2v) is 7.68. The van der Waals surface area contributed by atoms with Crippen molar-refractivity contribution < 1.29 is 9.59 Å². The van der Waals surface area contributed by atoms with E-state index in [4.69, 9.17) is 23.2 Å². The van der Waals surface area contributed by atoms with E-state index in [-0.39, 0.29) is 18.2 Å². The van der Waals surface area contributed by atoms with Gasteiger partial charge in [0, 0.05) is 29.2 Å². The van der Waals surface area contributed by atoms with Crippen LogP contribution >= 0.6 is 35.0 Å². The van der Waals surface area contributed by atoms with Crippen LogP contribution in [-0.4, -0.2) is 34.2 Å². The quantitative estimate of drug-likeness (QED) is 0.809. The predicted molar refractivity (Wildman–Crippen MR) is 107 cm³/mol. The van der Waals surface area contributed by atoms with E-state index in [9.17, 15) is 9.59 Å². The van der Waals surface area contributed by atoms with Crippen LogP contribution in [0.2, 0.25) is 10.0 Å². The maximum absolute atomic E-state index is 12.6. The normalized spacial score (nSPS) is 18.9. The lowest BCUT2D eigenvalue weighted by Crippen LogP contribution is -2.43. The number of halogens is 2. The van der Waals surface area contributed by atoms with E-state index in [1.165, 1.54) is 16.7 Å². The maximum atomic E-state index is 12.6. The topological polar surface area (TPSA) is 61.8 Å². The van der Waals surface area contributed by atoms with Crippen molar-refractivity contribution in [2.75, 3.05) is 12.4 Å². The number of carbonyl (C=O) groups is 2. The summed E-state index contributed by atoms with van der Waals surface area (Å²) in [6.07, 6.45) is 0.104. The van der Waals surface area contributed by atoms with E-state index in [2.05, 4.69) is 10.3 Å². The van der Waals surface area contributed by atoms with E-state index in [0.29, 0.717) is 26.6 Å². The van der Waals surface area contributed by atoms with E-state index in [1.54, 1.807) is 55.6 Å². The van der Waals surface area contributed by atoms with Gasteiger partial charge in [0.1, 0.15) is 5.25 Å². The van der Waals surface area contributed by atoms with Crippen molar-refractivity contribution in [3.63, 3.8) is 0 Å². The summed E-state index contributed by atoms with van der Waals surface area (Å²) < 4.78 is 0. The Morgan fingerprint density at radius 1 is 1.19 bits per heavy atom. The molecule has 26 heavy (non-hydrogen) atoms. The van der Waals surface area contributed by atoms with Crippen molar-refractivity contribution in [1.82, 2.24) is 4.90 Å². The number of anilines is 1. The molecule has 0 radical (unpaired) electrons. The van der Waals surface area contributed by atoms with Gasteiger partial charge in [-0.1, -0.05) is 41.0 Å². The highest BCUT2D eigenvalue weighted by Crippen LogP contribution is 2.29. The molecule has 1 N–H and O–H groups in total. The lowest BCUT2D eigenvalue weighted by Gasteiger charge is -2.28. The summed E-state index contributed by atoms with van der Waals surface area (Å²) in [4.78, 5) is 30.8. The molecule has 1 fully saturated rings. The van der Waals surface area contributed by atoms with Crippen molar-refractivity contribution in [3.8, 4) is 0 Å². The molecule has 3 rings (SSSR count). The van der Waals surface area contributed by atoms with Crippen LogP contribution in [0.5, 0.6) is 0 Å². The molecule has 0 aliphatic carbocycles. The van der Waals surface area contributed by atoms with Gasteiger partial charge in [0.15, 0.2) is 5.17 Å². The van der Waals surface area contributed by atoms with E-state index in [1.807, 2.05) is 0 Å². The first-order valence-corrected chi connectivity index (χ1v) is 9.40. The monoisotopic (exact) mass is 407 g/mol. The molecule has 2 aromatic rings. The molecule has 8 heteroatoms. The highest BCUT2D eigenvalue weighted by atomic mass is 35.5. The van der Waals surface area contributed by atoms with Crippen molar-refractivity contribution in [2.24, 2.45) is 4.99 Å². The van der Waals surface area contributed by atoms with Crippen LogP contribution in [0.15, 0.2) is 53.5 Å². The SMILES string of the molecule is CN1C(=O)CC(C(=O)Nc2cccc(Cl)c2)SC1=Nc1ccc(Cl)cc1. The van der Waals surface area contributed by atoms with Crippen LogP contribution in [0.4, 0.5) is 11.4 Å². The summed E-state index contributed by atoms with van der Waals surface area (Å²) >= 11 is 13.1. The molecule has 1 aliphatic rings. The van der Waals surface area contributed by atoms with Gasteiger partial charge in [0.2, 0.25) is 11.8 Å². The second kappa shape index (κ2) is 8.12. The molecule has 0 spiro atoms. The Kier molecular flexibility index (Phi) is 5.86. The molecule has 1 aliphatic heterocycles. The van der Waals surface area contributed by atoms with Gasteiger partial charge in [0.05, 0.1) is 5.69 Å². The molecule has 5 nitrogen and oxygen atoms in total. The van der Waals surface area contributed by atoms with Crippen molar-refractivity contribution in [3.05, 3.63) is 58.6 Å². The predicted octanol–water partition coefficient (Wildman–Crippen LogP) is 4.58. The number of nitrogens with one attached hydrogen (secondary N) is 1. The molecule has 0 bridgehead atoms. The highest BCUT2D eigenvalue weighted by molar-refractivity contribution is 8.15. The molecular weight excluding hydrogens is 393 g/mol. The third kappa shape index (κ3) is 4.58. The fourth-order valence-corrected chi connectivity index (χ4v) is 3.69. The summed E-state index contributed by atoms with van der Waals surface area (Å²) in [5, 5.41) is 3.83. The number of amidine groups is 1. The first kappa shape index (κ1) is 18.8. The van der Waals surface area contributed by atoms with E-state index < -0.39 is 5.25 Å². The Balaban J connectivity index is 1.77. The number of hydrogen-bond acceptors (Lipinski definition) is 4. The third-order valence-corrected chi connectivity index (χ3v) is 5.43. The molecule has 1 heterocycles. The Bertz CT molecular complexity index is 871. The standard InChI is InChI=1S/C18H15Cl2N3O2S/c1-23-16(24)10-15(17(25)21-14-4-2-3-12(20)9-14)26-18(23)22-13-7-5-11(19)6-8-13/h2-9,15H,10H2,1H3,(H,21,25). The zero-order chi connectivity index (χ0) is 18.7. The van der Waals surface area contributed by atoms with Gasteiger partial charge in [-0.25, -0.2) is 4.99 Å². The third-order valence-electron chi connectivity index (χ3n) is 3.70. The number of rotatable bonds is 3. The van der Waals surface area contributed by atoms with Gasteiger partial charge >= 0.3 is 0 Å². The number of amides is 2. The molecule has 134 valence electrons. The van der Waals surface area contributed by atoms with Crippen LogP contribution in [0.1, 0.15) is 6.42 Å². The van der Waals surface area contributed by atoms with Gasteiger partial charge in [-0.15, -0.1) is 0 Å². The summed E-state index contributed by atoms with van der Waals surface area (Å²) in [5.74, 6) is -0.426. The summed E-state index contributed by atoms with van der Waals surface area (Å²) in [7, 11) is 1.65. The Hall–Kier alpha value is -2.02. The van der Waals surface area contributed by atoms with Crippen LogP contribution in [0.3, 0.4) is 0 Å². The molecule has 1 saturated heterocycles. The summed E-state index contributed by atoms with van der Waals surface area (Å²) in [6, 6.07) is 13.8. The number of hydrogen-bond donors (Lipinski definition) is 1. The minimum absolute atomic E-state index is 0.104. The lowest BCUT2D eigenvalue weighted by molar-refractivity contribution is -0.128. The molecule has 1 atom stereocenters. The van der Waals surface area contributed by atoms with Crippen molar-refractivity contribution >= 4 is 63.3 Å². The fraction of sp³-hybridized carbons (Fsp3) is 0.167. The van der Waals surface area contributed by atoms with Gasteiger partial charge in [0.25, 0.3) is 0 Å². The van der Waals surface area contributed by atoms with Crippen LogP contribution in [0, 0.1) is 0 Å². The number of thioether (sulfide) groups is 1. The minimum atomic E-state index is -0.566. The molecule has 2 amide bonds. The zero-order valence-electron chi connectivity index (χ0n) is 13.8. The average Bonchev–Trinajstić information content (AvgIpc) is 2.60. The van der Waals surface area contributed by atoms with Gasteiger partial charge in [-0.3, -0.25) is 14.5 Å². The highest BCUT2D eigenvalue weighted by Gasteiger charge is 2.34. The molecule has 2 aromatic carbocycles.